The van der Waals surface area contributed by atoms with Crippen molar-refractivity contribution in [3.8, 4) is 0 Å². The highest BCUT2D eigenvalue weighted by molar-refractivity contribution is 5.91. The van der Waals surface area contributed by atoms with Crippen LogP contribution in [0, 0.1) is 5.92 Å². The standard InChI is InChI=1S/C15H26N4O5/c1-18(2)6-3-7-19-9-10(8-13(19)21)14(22)17-11(15(23)24)4-5-12(16)20/h10-11H,3-9H2,1-2H3,(H2,16,20)(H,17,22)(H,23,24). The smallest absolute Gasteiger partial charge is 0.326 e. The molecule has 1 rings (SSSR count). The summed E-state index contributed by atoms with van der Waals surface area (Å²) in [6, 6.07) is -1.18. The number of carbonyl (C=O) groups is 4. The third kappa shape index (κ3) is 6.53. The van der Waals surface area contributed by atoms with Gasteiger partial charge in [-0.3, -0.25) is 14.4 Å². The lowest BCUT2D eigenvalue weighted by Crippen LogP contribution is -2.44. The summed E-state index contributed by atoms with van der Waals surface area (Å²) in [7, 11) is 3.89. The highest BCUT2D eigenvalue weighted by atomic mass is 16.4. The van der Waals surface area contributed by atoms with Crippen molar-refractivity contribution in [2.24, 2.45) is 11.7 Å². The van der Waals surface area contributed by atoms with E-state index in [2.05, 4.69) is 5.32 Å². The van der Waals surface area contributed by atoms with Crippen LogP contribution in [0.3, 0.4) is 0 Å². The van der Waals surface area contributed by atoms with Crippen LogP contribution >= 0.6 is 0 Å². The molecule has 136 valence electrons. The summed E-state index contributed by atoms with van der Waals surface area (Å²) in [5.74, 6) is -2.99. The Morgan fingerprint density at radius 2 is 2.08 bits per heavy atom. The lowest BCUT2D eigenvalue weighted by molar-refractivity contribution is -0.142. The maximum Gasteiger partial charge on any atom is 0.326 e. The quantitative estimate of drug-likeness (QED) is 0.448. The minimum absolute atomic E-state index is 0.0659. The van der Waals surface area contributed by atoms with Gasteiger partial charge in [-0.05, 0) is 33.5 Å². The van der Waals surface area contributed by atoms with Crippen molar-refractivity contribution in [2.45, 2.75) is 31.7 Å². The summed E-state index contributed by atoms with van der Waals surface area (Å²) in [5.41, 5.74) is 5.00. The summed E-state index contributed by atoms with van der Waals surface area (Å²) in [5, 5.41) is 11.5. The fraction of sp³-hybridized carbons (Fsp3) is 0.733. The van der Waals surface area contributed by atoms with Crippen LogP contribution < -0.4 is 11.1 Å². The number of aliphatic carboxylic acids is 1. The molecule has 3 amide bonds. The number of hydrogen-bond acceptors (Lipinski definition) is 5. The topological polar surface area (TPSA) is 133 Å². The molecule has 0 aromatic carbocycles. The van der Waals surface area contributed by atoms with Crippen molar-refractivity contribution >= 4 is 23.7 Å². The van der Waals surface area contributed by atoms with E-state index in [0.717, 1.165) is 13.0 Å². The highest BCUT2D eigenvalue weighted by Gasteiger charge is 2.35. The minimum atomic E-state index is -1.23. The summed E-state index contributed by atoms with van der Waals surface area (Å²) in [6.45, 7) is 1.71. The second kappa shape index (κ2) is 9.21. The molecule has 9 nitrogen and oxygen atoms in total. The number of nitrogens with two attached hydrogens (primary N) is 1. The van der Waals surface area contributed by atoms with Gasteiger partial charge >= 0.3 is 5.97 Å². The number of carboxylic acids is 1. The molecular weight excluding hydrogens is 316 g/mol. The van der Waals surface area contributed by atoms with Gasteiger partial charge in [-0.25, -0.2) is 4.79 Å². The van der Waals surface area contributed by atoms with E-state index < -0.39 is 29.7 Å². The average Bonchev–Trinajstić information content (AvgIpc) is 2.83. The predicted octanol–water partition coefficient (Wildman–Crippen LogP) is -1.38. The van der Waals surface area contributed by atoms with Crippen molar-refractivity contribution < 1.29 is 24.3 Å². The molecule has 0 aromatic rings. The monoisotopic (exact) mass is 342 g/mol. The summed E-state index contributed by atoms with van der Waals surface area (Å²) in [6.07, 6.45) is 0.695. The molecule has 24 heavy (non-hydrogen) atoms. The van der Waals surface area contributed by atoms with E-state index >= 15 is 0 Å². The highest BCUT2D eigenvalue weighted by Crippen LogP contribution is 2.18. The molecule has 0 aliphatic carbocycles. The van der Waals surface area contributed by atoms with Gasteiger partial charge in [-0.15, -0.1) is 0 Å². The van der Waals surface area contributed by atoms with Crippen LogP contribution in [0.4, 0.5) is 0 Å². The first-order valence-electron chi connectivity index (χ1n) is 7.94. The zero-order valence-corrected chi connectivity index (χ0v) is 14.2. The Bertz CT molecular complexity index is 494. The normalized spacial score (nSPS) is 18.7. The summed E-state index contributed by atoms with van der Waals surface area (Å²) >= 11 is 0. The van der Waals surface area contributed by atoms with E-state index in [1.54, 1.807) is 4.90 Å². The zero-order chi connectivity index (χ0) is 18.3. The molecule has 0 radical (unpaired) electrons. The number of carbonyl (C=O) groups excluding carboxylic acids is 3. The molecule has 2 unspecified atom stereocenters. The van der Waals surface area contributed by atoms with Crippen LogP contribution in [-0.4, -0.2) is 78.4 Å². The Morgan fingerprint density at radius 3 is 2.62 bits per heavy atom. The van der Waals surface area contributed by atoms with E-state index in [4.69, 9.17) is 10.8 Å². The SMILES string of the molecule is CN(C)CCCN1CC(C(=O)NC(CCC(N)=O)C(=O)O)CC1=O. The average molecular weight is 342 g/mol. The van der Waals surface area contributed by atoms with Crippen LogP contribution in [0.1, 0.15) is 25.7 Å². The molecule has 1 aliphatic rings. The Kier molecular flexibility index (Phi) is 7.63. The van der Waals surface area contributed by atoms with Crippen LogP contribution in [0.25, 0.3) is 0 Å². The third-order valence-electron chi connectivity index (χ3n) is 3.91. The molecule has 0 spiro atoms. The number of hydrogen-bond donors (Lipinski definition) is 3. The number of primary amides is 1. The Hall–Kier alpha value is -2.16. The molecule has 1 aliphatic heterocycles. The van der Waals surface area contributed by atoms with E-state index in [1.807, 2.05) is 19.0 Å². The molecule has 2 atom stereocenters. The van der Waals surface area contributed by atoms with Gasteiger partial charge in [0, 0.05) is 25.9 Å². The first-order valence-corrected chi connectivity index (χ1v) is 7.94. The maximum absolute atomic E-state index is 12.2. The number of carboxylic acid groups (broad SMARTS) is 1. The summed E-state index contributed by atoms with van der Waals surface area (Å²) < 4.78 is 0. The molecular formula is C15H26N4O5. The number of likely N-dealkylation sites (tertiary alicyclic amines) is 1. The first kappa shape index (κ1) is 19.9. The van der Waals surface area contributed by atoms with Gasteiger partial charge < -0.3 is 26.0 Å². The van der Waals surface area contributed by atoms with Crippen LogP contribution in [0.2, 0.25) is 0 Å². The molecule has 1 fully saturated rings. The Balaban J connectivity index is 2.50. The number of nitrogens with one attached hydrogen (secondary N) is 1. The number of nitrogens with zero attached hydrogens (tertiary/aromatic N) is 2. The Labute approximate surface area is 141 Å². The third-order valence-corrected chi connectivity index (χ3v) is 3.91. The molecule has 9 heteroatoms. The molecule has 0 saturated carbocycles. The fourth-order valence-electron chi connectivity index (χ4n) is 2.58. The molecule has 0 aromatic heterocycles. The van der Waals surface area contributed by atoms with Crippen molar-refractivity contribution in [3.63, 3.8) is 0 Å². The lowest BCUT2D eigenvalue weighted by Gasteiger charge is -2.19. The second-order valence-electron chi connectivity index (χ2n) is 6.30. The maximum atomic E-state index is 12.2. The Morgan fingerprint density at radius 1 is 1.42 bits per heavy atom. The van der Waals surface area contributed by atoms with Crippen LogP contribution in [0.5, 0.6) is 0 Å². The van der Waals surface area contributed by atoms with E-state index in [-0.39, 0.29) is 25.2 Å². The van der Waals surface area contributed by atoms with Crippen molar-refractivity contribution in [2.75, 3.05) is 33.7 Å². The van der Waals surface area contributed by atoms with Gasteiger partial charge in [0.05, 0.1) is 5.92 Å². The number of amides is 3. The van der Waals surface area contributed by atoms with E-state index in [9.17, 15) is 19.2 Å². The van der Waals surface area contributed by atoms with Gasteiger partial charge in [0.1, 0.15) is 6.04 Å². The zero-order valence-electron chi connectivity index (χ0n) is 14.2. The van der Waals surface area contributed by atoms with Gasteiger partial charge in [-0.2, -0.15) is 0 Å². The van der Waals surface area contributed by atoms with E-state index in [1.165, 1.54) is 0 Å². The van der Waals surface area contributed by atoms with Gasteiger partial charge in [0.25, 0.3) is 0 Å². The minimum Gasteiger partial charge on any atom is -0.480 e. The van der Waals surface area contributed by atoms with Crippen molar-refractivity contribution in [3.05, 3.63) is 0 Å². The largest absolute Gasteiger partial charge is 0.480 e. The van der Waals surface area contributed by atoms with Gasteiger partial charge in [-0.1, -0.05) is 0 Å². The van der Waals surface area contributed by atoms with E-state index in [0.29, 0.717) is 13.1 Å². The van der Waals surface area contributed by atoms with Crippen molar-refractivity contribution in [1.29, 1.82) is 0 Å². The molecule has 1 heterocycles. The predicted molar refractivity (Wildman–Crippen MR) is 85.9 cm³/mol. The fourth-order valence-corrected chi connectivity index (χ4v) is 2.58. The van der Waals surface area contributed by atoms with Crippen LogP contribution in [-0.2, 0) is 19.2 Å². The van der Waals surface area contributed by atoms with Crippen LogP contribution in [0.15, 0.2) is 0 Å². The molecule has 4 N–H and O–H groups in total. The summed E-state index contributed by atoms with van der Waals surface area (Å²) in [4.78, 5) is 49.7. The van der Waals surface area contributed by atoms with Crippen molar-refractivity contribution in [1.82, 2.24) is 15.1 Å². The molecule has 0 bridgehead atoms. The van der Waals surface area contributed by atoms with Gasteiger partial charge in [0.2, 0.25) is 17.7 Å². The first-order chi connectivity index (χ1) is 11.2. The van der Waals surface area contributed by atoms with Gasteiger partial charge in [0.15, 0.2) is 0 Å². The number of rotatable bonds is 10. The molecule has 1 saturated heterocycles. The lowest BCUT2D eigenvalue weighted by atomic mass is 10.1. The second-order valence-corrected chi connectivity index (χ2v) is 6.30.